The third kappa shape index (κ3) is 8.52. The minimum absolute atomic E-state index is 0.0494. The maximum Gasteiger partial charge on any atom is 0.410 e. The zero-order valence-electron chi connectivity index (χ0n) is 31.7. The molecule has 3 aliphatic heterocycles. The number of aromatic nitrogens is 1. The number of carbonyl (C=O) groups excluding carboxylic acids is 2. The molecule has 1 amide bonds. The molecule has 0 saturated carbocycles. The highest BCUT2D eigenvalue weighted by atomic mass is 16.6. The van der Waals surface area contributed by atoms with Gasteiger partial charge in [0.05, 0.1) is 23.8 Å². The lowest BCUT2D eigenvalue weighted by Gasteiger charge is -2.47. The van der Waals surface area contributed by atoms with E-state index in [1.54, 1.807) is 0 Å². The number of esters is 1. The van der Waals surface area contributed by atoms with Crippen molar-refractivity contribution in [3.05, 3.63) is 76.3 Å². The number of anilines is 1. The molecule has 0 N–H and O–H groups in total. The molecule has 51 heavy (non-hydrogen) atoms. The Labute approximate surface area is 303 Å². The predicted molar refractivity (Wildman–Crippen MR) is 199 cm³/mol. The number of amides is 1. The van der Waals surface area contributed by atoms with Crippen molar-refractivity contribution in [1.29, 1.82) is 0 Å². The van der Waals surface area contributed by atoms with E-state index in [1.807, 2.05) is 58.6 Å². The van der Waals surface area contributed by atoms with E-state index < -0.39 is 11.2 Å². The Kier molecular flexibility index (Phi) is 10.7. The van der Waals surface area contributed by atoms with Crippen molar-refractivity contribution in [2.45, 2.75) is 117 Å². The molecule has 4 heterocycles. The van der Waals surface area contributed by atoms with Crippen molar-refractivity contribution < 1.29 is 28.5 Å². The number of piperidine rings is 1. The van der Waals surface area contributed by atoms with Crippen LogP contribution in [0.2, 0.25) is 0 Å². The van der Waals surface area contributed by atoms with Crippen LogP contribution in [-0.2, 0) is 38.5 Å². The first-order valence-electron chi connectivity index (χ1n) is 18.6. The number of ether oxygens (including phenoxy) is 4. The average molecular weight is 698 g/mol. The summed E-state index contributed by atoms with van der Waals surface area (Å²) >= 11 is 0. The number of nitrogens with zero attached hydrogens (tertiary/aromatic N) is 3. The number of pyridine rings is 1. The van der Waals surface area contributed by atoms with Gasteiger partial charge >= 0.3 is 12.1 Å². The molecular formula is C42H55N3O6. The molecule has 1 aromatic heterocycles. The van der Waals surface area contributed by atoms with Gasteiger partial charge in [-0.2, -0.15) is 0 Å². The van der Waals surface area contributed by atoms with E-state index in [9.17, 15) is 9.59 Å². The third-order valence-electron chi connectivity index (χ3n) is 10.2. The van der Waals surface area contributed by atoms with Gasteiger partial charge in [-0.05, 0) is 134 Å². The van der Waals surface area contributed by atoms with E-state index in [0.29, 0.717) is 39.3 Å². The second-order valence-electron chi connectivity index (χ2n) is 16.2. The summed E-state index contributed by atoms with van der Waals surface area (Å²) in [5, 5.41) is 0. The summed E-state index contributed by atoms with van der Waals surface area (Å²) in [7, 11) is 0. The molecule has 2 saturated heterocycles. The van der Waals surface area contributed by atoms with Gasteiger partial charge in [-0.3, -0.25) is 4.79 Å². The van der Waals surface area contributed by atoms with Gasteiger partial charge in [0.15, 0.2) is 0 Å². The fraction of sp³-hybridized carbons (Fsp3) is 0.548. The van der Waals surface area contributed by atoms with Gasteiger partial charge in [0.25, 0.3) is 0 Å². The van der Waals surface area contributed by atoms with Crippen molar-refractivity contribution in [1.82, 2.24) is 9.88 Å². The third-order valence-corrected chi connectivity index (χ3v) is 10.2. The average Bonchev–Trinajstić information content (AvgIpc) is 3.30. The standard InChI is InChI=1S/C42H55N3O6/c1-27-12-9-13-32(37(27)49-26-30-18-17-29-19-22-44(23-20-31(29)28(30)2)40(47)51-42(6,7)8)34-14-10-16-36(43-34)45-24-21-33(39(46)50-41(3,4)5)38-35(45)15-11-25-48-38/h9-10,12-14,16-18,33,35,38H,11,15,19-26H2,1-8H3/t33-,35+,38-/m0/s1. The first-order chi connectivity index (χ1) is 24.2. The largest absolute Gasteiger partial charge is 0.488 e. The molecule has 3 atom stereocenters. The van der Waals surface area contributed by atoms with Gasteiger partial charge in [0.1, 0.15) is 29.4 Å². The van der Waals surface area contributed by atoms with E-state index in [0.717, 1.165) is 59.6 Å². The fourth-order valence-corrected chi connectivity index (χ4v) is 7.68. The SMILES string of the molecule is Cc1cccc(-c2cccc(N3CC[C@H](C(=O)OC(C)(C)C)[C@@H]4OCCC[C@H]43)n2)c1OCc1ccc2c(c1C)CCN(C(=O)OC(C)(C)C)CC2. The molecule has 0 spiro atoms. The molecule has 3 aromatic rings. The molecule has 9 nitrogen and oxygen atoms in total. The highest BCUT2D eigenvalue weighted by Crippen LogP contribution is 2.38. The molecule has 0 aliphatic carbocycles. The minimum Gasteiger partial charge on any atom is -0.488 e. The number of carbonyl (C=O) groups is 2. The fourth-order valence-electron chi connectivity index (χ4n) is 7.68. The van der Waals surface area contributed by atoms with Crippen molar-refractivity contribution >= 4 is 17.9 Å². The summed E-state index contributed by atoms with van der Waals surface area (Å²) < 4.78 is 24.4. The maximum absolute atomic E-state index is 13.2. The number of hydrogen-bond acceptors (Lipinski definition) is 8. The molecule has 2 aromatic carbocycles. The monoisotopic (exact) mass is 697 g/mol. The lowest BCUT2D eigenvalue weighted by molar-refractivity contribution is -0.170. The smallest absolute Gasteiger partial charge is 0.410 e. The molecule has 0 radical (unpaired) electrons. The first-order valence-corrected chi connectivity index (χ1v) is 18.6. The van der Waals surface area contributed by atoms with Crippen molar-refractivity contribution in [2.24, 2.45) is 5.92 Å². The predicted octanol–water partition coefficient (Wildman–Crippen LogP) is 8.00. The van der Waals surface area contributed by atoms with Crippen LogP contribution in [0.4, 0.5) is 10.6 Å². The quantitative estimate of drug-likeness (QED) is 0.240. The molecule has 0 unspecified atom stereocenters. The normalized spacial score (nSPS) is 20.9. The molecule has 0 bridgehead atoms. The second kappa shape index (κ2) is 14.9. The Morgan fingerprint density at radius 3 is 2.39 bits per heavy atom. The summed E-state index contributed by atoms with van der Waals surface area (Å²) in [4.78, 5) is 35.4. The van der Waals surface area contributed by atoms with Crippen LogP contribution in [-0.4, -0.2) is 71.5 Å². The zero-order valence-corrected chi connectivity index (χ0v) is 31.7. The van der Waals surface area contributed by atoms with Crippen LogP contribution in [0.1, 0.15) is 88.6 Å². The van der Waals surface area contributed by atoms with Crippen LogP contribution in [0.3, 0.4) is 0 Å². The Balaban J connectivity index is 1.19. The number of rotatable bonds is 6. The number of fused-ring (bicyclic) bond motifs is 2. The minimum atomic E-state index is -0.537. The van der Waals surface area contributed by atoms with Crippen LogP contribution >= 0.6 is 0 Å². The summed E-state index contributed by atoms with van der Waals surface area (Å²) in [6.07, 6.45) is 3.63. The molecule has 2 fully saturated rings. The van der Waals surface area contributed by atoms with Gasteiger partial charge in [-0.15, -0.1) is 0 Å². The number of hydrogen-bond donors (Lipinski definition) is 0. The highest BCUT2D eigenvalue weighted by Gasteiger charge is 2.45. The molecule has 274 valence electrons. The van der Waals surface area contributed by atoms with Gasteiger partial charge in [-0.25, -0.2) is 9.78 Å². The van der Waals surface area contributed by atoms with Crippen LogP contribution < -0.4 is 9.64 Å². The topological polar surface area (TPSA) is 90.4 Å². The second-order valence-corrected chi connectivity index (χ2v) is 16.2. The van der Waals surface area contributed by atoms with Crippen molar-refractivity contribution in [3.8, 4) is 17.0 Å². The summed E-state index contributed by atoms with van der Waals surface area (Å²) in [5.74, 6) is 1.24. The van der Waals surface area contributed by atoms with E-state index >= 15 is 0 Å². The van der Waals surface area contributed by atoms with Gasteiger partial charge in [0, 0.05) is 31.8 Å². The summed E-state index contributed by atoms with van der Waals surface area (Å²) in [5.41, 5.74) is 6.69. The van der Waals surface area contributed by atoms with Gasteiger partial charge in [0.2, 0.25) is 0 Å². The Morgan fingerprint density at radius 1 is 0.882 bits per heavy atom. The maximum atomic E-state index is 13.2. The van der Waals surface area contributed by atoms with Crippen LogP contribution in [0, 0.1) is 19.8 Å². The Hall–Kier alpha value is -4.11. The summed E-state index contributed by atoms with van der Waals surface area (Å²) in [6, 6.07) is 16.8. The molecular weight excluding hydrogens is 642 g/mol. The molecule has 6 rings (SSSR count). The Morgan fingerprint density at radius 2 is 1.63 bits per heavy atom. The van der Waals surface area contributed by atoms with Crippen LogP contribution in [0.15, 0.2) is 48.5 Å². The number of benzene rings is 2. The number of para-hydroxylation sites is 1. The number of aryl methyl sites for hydroxylation is 1. The molecule has 3 aliphatic rings. The first kappa shape index (κ1) is 36.7. The van der Waals surface area contributed by atoms with E-state index in [4.69, 9.17) is 23.9 Å². The van der Waals surface area contributed by atoms with Gasteiger partial charge in [-0.1, -0.05) is 30.3 Å². The van der Waals surface area contributed by atoms with E-state index in [2.05, 4.69) is 55.1 Å². The zero-order chi connectivity index (χ0) is 36.5. The van der Waals surface area contributed by atoms with Crippen molar-refractivity contribution in [2.75, 3.05) is 31.1 Å². The van der Waals surface area contributed by atoms with Crippen molar-refractivity contribution in [3.63, 3.8) is 0 Å². The molecule has 9 heteroatoms. The van der Waals surface area contributed by atoms with Gasteiger partial charge < -0.3 is 28.7 Å². The van der Waals surface area contributed by atoms with E-state index in [1.165, 1.54) is 16.7 Å². The Bertz CT molecular complexity index is 1740. The van der Waals surface area contributed by atoms with E-state index in [-0.39, 0.29) is 30.1 Å². The van der Waals surface area contributed by atoms with Crippen LogP contribution in [0.25, 0.3) is 11.3 Å². The summed E-state index contributed by atoms with van der Waals surface area (Å²) in [6.45, 7) is 18.7. The lowest BCUT2D eigenvalue weighted by atomic mass is 9.83. The highest BCUT2D eigenvalue weighted by molar-refractivity contribution is 5.75. The van der Waals surface area contributed by atoms with Crippen LogP contribution in [0.5, 0.6) is 5.75 Å². The lowest BCUT2D eigenvalue weighted by Crippen LogP contribution is -2.58.